The molecule has 0 unspecified atom stereocenters. The van der Waals surface area contributed by atoms with Crippen molar-refractivity contribution in [2.75, 3.05) is 0 Å². The van der Waals surface area contributed by atoms with Crippen molar-refractivity contribution in [3.8, 4) is 5.69 Å². The van der Waals surface area contributed by atoms with Crippen molar-refractivity contribution in [2.24, 2.45) is 0 Å². The van der Waals surface area contributed by atoms with Crippen LogP contribution in [0.5, 0.6) is 0 Å². The summed E-state index contributed by atoms with van der Waals surface area (Å²) in [7, 11) is 0. The van der Waals surface area contributed by atoms with Crippen molar-refractivity contribution < 1.29 is 9.90 Å². The van der Waals surface area contributed by atoms with Crippen molar-refractivity contribution in [3.63, 3.8) is 0 Å². The van der Waals surface area contributed by atoms with Gasteiger partial charge in [-0.1, -0.05) is 24.3 Å². The standard InChI is InChI=1S/C15H12N2O3/c18-14(19)9-10-5-7-11(8-6-10)17-13-4-2-1-3-12(13)16-15(17)20/h1-8H,9H2,(H,16,20)(H,18,19). The fourth-order valence-corrected chi connectivity index (χ4v) is 2.25. The minimum Gasteiger partial charge on any atom is -0.481 e. The number of carboxylic acids is 1. The van der Waals surface area contributed by atoms with E-state index in [4.69, 9.17) is 5.11 Å². The Kier molecular flexibility index (Phi) is 2.87. The summed E-state index contributed by atoms with van der Waals surface area (Å²) in [4.78, 5) is 25.5. The van der Waals surface area contributed by atoms with E-state index in [1.807, 2.05) is 24.3 Å². The predicted molar refractivity (Wildman–Crippen MR) is 75.2 cm³/mol. The number of fused-ring (bicyclic) bond motifs is 1. The molecule has 0 atom stereocenters. The summed E-state index contributed by atoms with van der Waals surface area (Å²) in [6, 6.07) is 14.4. The average Bonchev–Trinajstić information content (AvgIpc) is 2.75. The molecular weight excluding hydrogens is 256 g/mol. The van der Waals surface area contributed by atoms with Crippen LogP contribution in [0.3, 0.4) is 0 Å². The number of aromatic nitrogens is 2. The van der Waals surface area contributed by atoms with Crippen LogP contribution in [0.15, 0.2) is 53.3 Å². The molecule has 0 aliphatic rings. The maximum atomic E-state index is 12.0. The molecule has 1 aromatic heterocycles. The lowest BCUT2D eigenvalue weighted by Gasteiger charge is -2.04. The van der Waals surface area contributed by atoms with Crippen LogP contribution in [0, 0.1) is 0 Å². The van der Waals surface area contributed by atoms with Crippen molar-refractivity contribution in [1.82, 2.24) is 9.55 Å². The van der Waals surface area contributed by atoms with E-state index < -0.39 is 5.97 Å². The number of nitrogens with zero attached hydrogens (tertiary/aromatic N) is 1. The first-order valence-electron chi connectivity index (χ1n) is 6.16. The third kappa shape index (κ3) is 2.09. The summed E-state index contributed by atoms with van der Waals surface area (Å²) in [6.07, 6.45) is -0.0247. The van der Waals surface area contributed by atoms with E-state index in [-0.39, 0.29) is 12.1 Å². The van der Waals surface area contributed by atoms with Gasteiger partial charge in [0, 0.05) is 0 Å². The van der Waals surface area contributed by atoms with Gasteiger partial charge >= 0.3 is 11.7 Å². The van der Waals surface area contributed by atoms with Gasteiger partial charge in [0.2, 0.25) is 0 Å². The number of nitrogens with one attached hydrogen (secondary N) is 1. The summed E-state index contributed by atoms with van der Waals surface area (Å²) < 4.78 is 1.57. The topological polar surface area (TPSA) is 75.1 Å². The normalized spacial score (nSPS) is 10.8. The summed E-state index contributed by atoms with van der Waals surface area (Å²) in [6.45, 7) is 0. The van der Waals surface area contributed by atoms with E-state index in [1.54, 1.807) is 28.8 Å². The Morgan fingerprint density at radius 2 is 1.80 bits per heavy atom. The number of imidazole rings is 1. The highest BCUT2D eigenvalue weighted by atomic mass is 16.4. The van der Waals surface area contributed by atoms with Crippen LogP contribution in [-0.4, -0.2) is 20.6 Å². The summed E-state index contributed by atoms with van der Waals surface area (Å²) in [5, 5.41) is 8.75. The van der Waals surface area contributed by atoms with Gasteiger partial charge < -0.3 is 10.1 Å². The highest BCUT2D eigenvalue weighted by Crippen LogP contribution is 2.15. The minimum atomic E-state index is -0.873. The van der Waals surface area contributed by atoms with E-state index in [0.717, 1.165) is 11.0 Å². The molecule has 3 aromatic rings. The molecule has 0 spiro atoms. The summed E-state index contributed by atoms with van der Waals surface area (Å²) >= 11 is 0. The van der Waals surface area contributed by atoms with Crippen LogP contribution >= 0.6 is 0 Å². The molecule has 1 heterocycles. The molecule has 5 nitrogen and oxygen atoms in total. The third-order valence-electron chi connectivity index (χ3n) is 3.14. The first-order chi connectivity index (χ1) is 9.65. The average molecular weight is 268 g/mol. The summed E-state index contributed by atoms with van der Waals surface area (Å²) in [5.41, 5.74) is 2.77. The van der Waals surface area contributed by atoms with Gasteiger partial charge in [-0.05, 0) is 29.8 Å². The first-order valence-corrected chi connectivity index (χ1v) is 6.16. The lowest BCUT2D eigenvalue weighted by Crippen LogP contribution is -2.14. The van der Waals surface area contributed by atoms with E-state index >= 15 is 0 Å². The molecule has 0 aliphatic carbocycles. The van der Waals surface area contributed by atoms with E-state index in [9.17, 15) is 9.59 Å². The number of carbonyl (C=O) groups is 1. The smallest absolute Gasteiger partial charge is 0.331 e. The zero-order chi connectivity index (χ0) is 14.1. The molecule has 5 heteroatoms. The van der Waals surface area contributed by atoms with Gasteiger partial charge in [-0.3, -0.25) is 9.36 Å². The number of rotatable bonds is 3. The quantitative estimate of drug-likeness (QED) is 0.762. The van der Waals surface area contributed by atoms with Gasteiger partial charge in [-0.15, -0.1) is 0 Å². The highest BCUT2D eigenvalue weighted by Gasteiger charge is 2.08. The molecule has 0 saturated heterocycles. The van der Waals surface area contributed by atoms with Gasteiger partial charge in [0.05, 0.1) is 23.1 Å². The second-order valence-corrected chi connectivity index (χ2v) is 4.52. The Hall–Kier alpha value is -2.82. The van der Waals surface area contributed by atoms with Crippen molar-refractivity contribution in [3.05, 3.63) is 64.6 Å². The van der Waals surface area contributed by atoms with Crippen LogP contribution in [-0.2, 0) is 11.2 Å². The number of aliphatic carboxylic acids is 1. The van der Waals surface area contributed by atoms with Crippen LogP contribution in [0.1, 0.15) is 5.56 Å². The Morgan fingerprint density at radius 1 is 1.10 bits per heavy atom. The molecule has 0 fully saturated rings. The van der Waals surface area contributed by atoms with E-state index in [2.05, 4.69) is 4.98 Å². The molecule has 0 saturated carbocycles. The molecule has 100 valence electrons. The SMILES string of the molecule is O=C(O)Cc1ccc(-n2c(=O)[nH]c3ccccc32)cc1. The van der Waals surface area contributed by atoms with E-state index in [0.29, 0.717) is 11.3 Å². The molecule has 0 radical (unpaired) electrons. The molecule has 0 bridgehead atoms. The molecule has 2 aromatic carbocycles. The summed E-state index contributed by atoms with van der Waals surface area (Å²) in [5.74, 6) is -0.873. The van der Waals surface area contributed by atoms with Crippen molar-refractivity contribution in [2.45, 2.75) is 6.42 Å². The Labute approximate surface area is 114 Å². The number of aromatic amines is 1. The van der Waals surface area contributed by atoms with E-state index in [1.165, 1.54) is 0 Å². The number of hydrogen-bond donors (Lipinski definition) is 2. The minimum absolute atomic E-state index is 0.0247. The zero-order valence-corrected chi connectivity index (χ0v) is 10.5. The molecule has 20 heavy (non-hydrogen) atoms. The molecule has 0 aliphatic heterocycles. The van der Waals surface area contributed by atoms with Gasteiger partial charge in [-0.2, -0.15) is 0 Å². The maximum absolute atomic E-state index is 12.0. The highest BCUT2D eigenvalue weighted by molar-refractivity contribution is 5.77. The van der Waals surface area contributed by atoms with Crippen LogP contribution in [0.25, 0.3) is 16.7 Å². The fraction of sp³-hybridized carbons (Fsp3) is 0.0667. The largest absolute Gasteiger partial charge is 0.481 e. The maximum Gasteiger partial charge on any atom is 0.331 e. The second-order valence-electron chi connectivity index (χ2n) is 4.52. The van der Waals surface area contributed by atoms with Crippen LogP contribution in [0.4, 0.5) is 0 Å². The fourth-order valence-electron chi connectivity index (χ4n) is 2.25. The number of para-hydroxylation sites is 2. The number of H-pyrrole nitrogens is 1. The van der Waals surface area contributed by atoms with Gasteiger partial charge in [0.15, 0.2) is 0 Å². The Bertz CT molecular complexity index is 828. The van der Waals surface area contributed by atoms with Gasteiger partial charge in [-0.25, -0.2) is 4.79 Å². The van der Waals surface area contributed by atoms with Gasteiger partial charge in [0.1, 0.15) is 0 Å². The van der Waals surface area contributed by atoms with Crippen molar-refractivity contribution in [1.29, 1.82) is 0 Å². The van der Waals surface area contributed by atoms with Crippen molar-refractivity contribution >= 4 is 17.0 Å². The number of benzene rings is 2. The molecular formula is C15H12N2O3. The van der Waals surface area contributed by atoms with Crippen LogP contribution < -0.4 is 5.69 Å². The second kappa shape index (κ2) is 4.70. The number of hydrogen-bond acceptors (Lipinski definition) is 2. The third-order valence-corrected chi connectivity index (χ3v) is 3.14. The molecule has 0 amide bonds. The zero-order valence-electron chi connectivity index (χ0n) is 10.5. The monoisotopic (exact) mass is 268 g/mol. The Morgan fingerprint density at radius 3 is 2.50 bits per heavy atom. The van der Waals surface area contributed by atoms with Crippen LogP contribution in [0.2, 0.25) is 0 Å². The number of carboxylic acid groups (broad SMARTS) is 1. The lowest BCUT2D eigenvalue weighted by atomic mass is 10.1. The van der Waals surface area contributed by atoms with Gasteiger partial charge in [0.25, 0.3) is 0 Å². The lowest BCUT2D eigenvalue weighted by molar-refractivity contribution is -0.136. The Balaban J connectivity index is 2.09. The molecule has 2 N–H and O–H groups in total. The molecule has 3 rings (SSSR count). The first kappa shape index (κ1) is 12.2. The predicted octanol–water partition coefficient (Wildman–Crippen LogP) is 1.95.